The van der Waals surface area contributed by atoms with E-state index in [1.807, 2.05) is 0 Å². The van der Waals surface area contributed by atoms with E-state index < -0.39 is 0 Å². The van der Waals surface area contributed by atoms with Crippen molar-refractivity contribution in [3.63, 3.8) is 0 Å². The number of methoxy groups -OCH3 is 1. The summed E-state index contributed by atoms with van der Waals surface area (Å²) in [6, 6.07) is 0. The lowest BCUT2D eigenvalue weighted by Crippen LogP contribution is -1.85. The molecule has 0 radical (unpaired) electrons. The van der Waals surface area contributed by atoms with Crippen molar-refractivity contribution in [1.29, 1.82) is 0 Å². The molecule has 0 aliphatic carbocycles. The van der Waals surface area contributed by atoms with Crippen LogP contribution in [0.25, 0.3) is 0 Å². The maximum Gasteiger partial charge on any atom is 0.119 e. The number of halogens is 1. The smallest absolute Gasteiger partial charge is 0.119 e. The standard InChI is InChI=1S/C9H13FO/c1-5-9(10)6-7(2)8(3)11-4/h5-6H,3H2,1-2,4H3/b7-6-,9-5+. The number of allylic oxidation sites excluding steroid dienone is 4. The van der Waals surface area contributed by atoms with Crippen LogP contribution in [0.15, 0.2) is 35.9 Å². The van der Waals surface area contributed by atoms with Crippen molar-refractivity contribution in [2.45, 2.75) is 13.8 Å². The van der Waals surface area contributed by atoms with Gasteiger partial charge in [-0.05, 0) is 25.5 Å². The van der Waals surface area contributed by atoms with E-state index >= 15 is 0 Å². The molecule has 11 heavy (non-hydrogen) atoms. The van der Waals surface area contributed by atoms with Crippen molar-refractivity contribution in [1.82, 2.24) is 0 Å². The van der Waals surface area contributed by atoms with Crippen LogP contribution in [0.1, 0.15) is 13.8 Å². The largest absolute Gasteiger partial charge is 0.497 e. The summed E-state index contributed by atoms with van der Waals surface area (Å²) in [6.07, 6.45) is 2.76. The first-order chi connectivity index (χ1) is 5.11. The molecular formula is C9H13FO. The van der Waals surface area contributed by atoms with Gasteiger partial charge in [0.2, 0.25) is 0 Å². The SMILES string of the molecule is C=C(OC)/C(C)=C\C(F)=C/C. The molecule has 0 spiro atoms. The van der Waals surface area contributed by atoms with Crippen molar-refractivity contribution in [2.24, 2.45) is 0 Å². The van der Waals surface area contributed by atoms with Gasteiger partial charge < -0.3 is 4.74 Å². The predicted octanol–water partition coefficient (Wildman–Crippen LogP) is 2.97. The summed E-state index contributed by atoms with van der Waals surface area (Å²) in [5.74, 6) is 0.211. The second-order valence-corrected chi connectivity index (χ2v) is 2.13. The Kier molecular flexibility index (Phi) is 4.27. The average Bonchev–Trinajstić information content (AvgIpc) is 2.02. The van der Waals surface area contributed by atoms with Crippen LogP contribution in [-0.4, -0.2) is 7.11 Å². The van der Waals surface area contributed by atoms with Gasteiger partial charge >= 0.3 is 0 Å². The van der Waals surface area contributed by atoms with Gasteiger partial charge in [0.05, 0.1) is 7.11 Å². The van der Waals surface area contributed by atoms with E-state index in [0.29, 0.717) is 11.3 Å². The Morgan fingerprint density at radius 1 is 1.55 bits per heavy atom. The number of ether oxygens (including phenoxy) is 1. The summed E-state index contributed by atoms with van der Waals surface area (Å²) < 4.78 is 17.4. The first kappa shape index (κ1) is 9.95. The normalized spacial score (nSPS) is 13.1. The van der Waals surface area contributed by atoms with Gasteiger partial charge in [-0.15, -0.1) is 0 Å². The Labute approximate surface area is 66.9 Å². The van der Waals surface area contributed by atoms with Gasteiger partial charge in [-0.1, -0.05) is 12.7 Å². The summed E-state index contributed by atoms with van der Waals surface area (Å²) in [4.78, 5) is 0. The highest BCUT2D eigenvalue weighted by atomic mass is 19.1. The predicted molar refractivity (Wildman–Crippen MR) is 44.8 cm³/mol. The zero-order valence-corrected chi connectivity index (χ0v) is 7.15. The van der Waals surface area contributed by atoms with E-state index in [1.54, 1.807) is 13.8 Å². The average molecular weight is 156 g/mol. The van der Waals surface area contributed by atoms with Crippen LogP contribution in [0.2, 0.25) is 0 Å². The zero-order valence-electron chi connectivity index (χ0n) is 7.15. The van der Waals surface area contributed by atoms with E-state index in [2.05, 4.69) is 6.58 Å². The lowest BCUT2D eigenvalue weighted by Gasteiger charge is -2.02. The molecule has 2 heteroatoms. The second-order valence-electron chi connectivity index (χ2n) is 2.13. The van der Waals surface area contributed by atoms with Gasteiger partial charge in [0.1, 0.15) is 11.6 Å². The monoisotopic (exact) mass is 156 g/mol. The molecule has 0 unspecified atom stereocenters. The van der Waals surface area contributed by atoms with Crippen molar-refractivity contribution >= 4 is 0 Å². The fourth-order valence-corrected chi connectivity index (χ4v) is 0.532. The third kappa shape index (κ3) is 3.61. The van der Waals surface area contributed by atoms with Crippen LogP contribution in [0.4, 0.5) is 4.39 Å². The minimum Gasteiger partial charge on any atom is -0.497 e. The Balaban J connectivity index is 4.34. The molecule has 0 saturated heterocycles. The van der Waals surface area contributed by atoms with Gasteiger partial charge in [-0.25, -0.2) is 4.39 Å². The van der Waals surface area contributed by atoms with E-state index in [-0.39, 0.29) is 5.83 Å². The highest BCUT2D eigenvalue weighted by Crippen LogP contribution is 2.10. The topological polar surface area (TPSA) is 9.23 Å². The Hall–Kier alpha value is -1.05. The summed E-state index contributed by atoms with van der Waals surface area (Å²) in [5.41, 5.74) is 0.697. The molecule has 0 atom stereocenters. The van der Waals surface area contributed by atoms with E-state index in [4.69, 9.17) is 4.74 Å². The molecule has 0 amide bonds. The van der Waals surface area contributed by atoms with Crippen molar-refractivity contribution in [3.8, 4) is 0 Å². The molecular weight excluding hydrogens is 143 g/mol. The van der Waals surface area contributed by atoms with Gasteiger partial charge in [0.25, 0.3) is 0 Å². The summed E-state index contributed by atoms with van der Waals surface area (Å²) >= 11 is 0. The van der Waals surface area contributed by atoms with E-state index in [9.17, 15) is 4.39 Å². The molecule has 62 valence electrons. The van der Waals surface area contributed by atoms with Gasteiger partial charge in [0.15, 0.2) is 0 Å². The van der Waals surface area contributed by atoms with E-state index in [0.717, 1.165) is 0 Å². The number of rotatable bonds is 3. The fourth-order valence-electron chi connectivity index (χ4n) is 0.532. The first-order valence-electron chi connectivity index (χ1n) is 3.35. The summed E-state index contributed by atoms with van der Waals surface area (Å²) in [5, 5.41) is 0. The quantitative estimate of drug-likeness (QED) is 0.451. The summed E-state index contributed by atoms with van der Waals surface area (Å²) in [6.45, 7) is 6.95. The highest BCUT2D eigenvalue weighted by molar-refractivity contribution is 5.27. The minimum atomic E-state index is -0.277. The third-order valence-electron chi connectivity index (χ3n) is 1.32. The van der Waals surface area contributed by atoms with Gasteiger partial charge in [-0.3, -0.25) is 0 Å². The molecule has 0 aliphatic rings. The first-order valence-corrected chi connectivity index (χ1v) is 3.35. The van der Waals surface area contributed by atoms with Crippen LogP contribution in [0.5, 0.6) is 0 Å². The highest BCUT2D eigenvalue weighted by Gasteiger charge is 1.95. The zero-order chi connectivity index (χ0) is 8.85. The van der Waals surface area contributed by atoms with Crippen LogP contribution in [-0.2, 0) is 4.74 Å². The maximum atomic E-state index is 12.6. The minimum absolute atomic E-state index is 0.277. The van der Waals surface area contributed by atoms with Crippen molar-refractivity contribution in [3.05, 3.63) is 35.9 Å². The van der Waals surface area contributed by atoms with Crippen LogP contribution < -0.4 is 0 Å². The number of hydrogen-bond donors (Lipinski definition) is 0. The lowest BCUT2D eigenvalue weighted by molar-refractivity contribution is 0.302. The Morgan fingerprint density at radius 2 is 2.09 bits per heavy atom. The fraction of sp³-hybridized carbons (Fsp3) is 0.333. The Morgan fingerprint density at radius 3 is 2.45 bits per heavy atom. The molecule has 0 aliphatic heterocycles. The number of hydrogen-bond acceptors (Lipinski definition) is 1. The van der Waals surface area contributed by atoms with Gasteiger partial charge in [0, 0.05) is 0 Å². The molecule has 0 fully saturated rings. The molecule has 0 aromatic rings. The van der Waals surface area contributed by atoms with Crippen LogP contribution in [0, 0.1) is 0 Å². The molecule has 0 N–H and O–H groups in total. The molecule has 0 saturated carbocycles. The molecule has 1 nitrogen and oxygen atoms in total. The third-order valence-corrected chi connectivity index (χ3v) is 1.32. The van der Waals surface area contributed by atoms with Crippen LogP contribution in [0.3, 0.4) is 0 Å². The molecule has 0 aromatic carbocycles. The van der Waals surface area contributed by atoms with E-state index in [1.165, 1.54) is 19.3 Å². The molecule has 0 bridgehead atoms. The Bertz CT molecular complexity index is 202. The maximum absolute atomic E-state index is 12.6. The lowest BCUT2D eigenvalue weighted by atomic mass is 10.2. The van der Waals surface area contributed by atoms with Crippen molar-refractivity contribution < 1.29 is 9.13 Å². The van der Waals surface area contributed by atoms with Crippen LogP contribution >= 0.6 is 0 Å². The summed E-state index contributed by atoms with van der Waals surface area (Å²) in [7, 11) is 1.51. The molecule has 0 heterocycles. The van der Waals surface area contributed by atoms with Gasteiger partial charge in [-0.2, -0.15) is 0 Å². The molecule has 0 rings (SSSR count). The second kappa shape index (κ2) is 4.72. The van der Waals surface area contributed by atoms with Crippen molar-refractivity contribution in [2.75, 3.05) is 7.11 Å². The molecule has 0 aromatic heterocycles.